The summed E-state index contributed by atoms with van der Waals surface area (Å²) in [5.41, 5.74) is 0. The molecule has 0 heterocycles. The second-order valence-corrected chi connectivity index (χ2v) is 15.3. The van der Waals surface area contributed by atoms with Crippen molar-refractivity contribution in [3.8, 4) is 0 Å². The van der Waals surface area contributed by atoms with Crippen LogP contribution in [0.5, 0.6) is 0 Å². The van der Waals surface area contributed by atoms with Crippen LogP contribution in [-0.2, 0) is 13.6 Å². The molecule has 0 aromatic carbocycles. The first kappa shape index (κ1) is 19.6. The predicted octanol–water partition coefficient (Wildman–Crippen LogP) is 4.72. The molecule has 0 rings (SSSR count). The van der Waals surface area contributed by atoms with Crippen molar-refractivity contribution in [3.63, 3.8) is 0 Å². The summed E-state index contributed by atoms with van der Waals surface area (Å²) in [6, 6.07) is 3.55. The third kappa shape index (κ3) is 8.71. The monoisotopic (exact) mass is 316 g/mol. The van der Waals surface area contributed by atoms with Crippen LogP contribution in [0.25, 0.3) is 0 Å². The highest BCUT2D eigenvalue weighted by atomic mass is 28.4. The van der Waals surface area contributed by atoms with Crippen LogP contribution in [0.15, 0.2) is 12.7 Å². The van der Waals surface area contributed by atoms with Crippen molar-refractivity contribution in [2.75, 3.05) is 6.61 Å². The molecule has 0 aromatic heterocycles. The molecule has 0 bridgehead atoms. The fourth-order valence-corrected chi connectivity index (χ4v) is 12.5. The number of esters is 1. The Balaban J connectivity index is 4.56. The Morgan fingerprint density at radius 2 is 1.65 bits per heavy atom. The molecule has 5 heteroatoms. The van der Waals surface area contributed by atoms with Gasteiger partial charge in [0.05, 0.1) is 6.61 Å². The van der Waals surface area contributed by atoms with E-state index in [4.69, 9.17) is 8.85 Å². The summed E-state index contributed by atoms with van der Waals surface area (Å²) in [6.07, 6.45) is 4.50. The third-order valence-corrected chi connectivity index (χ3v) is 11.4. The number of carbonyl (C=O) groups is 1. The van der Waals surface area contributed by atoms with Crippen molar-refractivity contribution in [3.05, 3.63) is 12.7 Å². The highest BCUT2D eigenvalue weighted by Crippen LogP contribution is 2.30. The van der Waals surface area contributed by atoms with Crippen molar-refractivity contribution >= 4 is 22.6 Å². The molecule has 3 nitrogen and oxygen atoms in total. The summed E-state index contributed by atoms with van der Waals surface area (Å²) >= 11 is 0. The zero-order chi connectivity index (χ0) is 15.6. The molecule has 0 saturated carbocycles. The quantitative estimate of drug-likeness (QED) is 0.239. The first-order chi connectivity index (χ1) is 9.28. The molecular formula is C15H32O3Si2. The molecular weight excluding hydrogens is 284 g/mol. The maximum absolute atomic E-state index is 11.1. The minimum Gasteiger partial charge on any atom is -0.463 e. The van der Waals surface area contributed by atoms with Crippen LogP contribution in [-0.4, -0.2) is 29.2 Å². The fraction of sp³-hybridized carbons (Fsp3) is 0.800. The summed E-state index contributed by atoms with van der Waals surface area (Å²) in [4.78, 5) is 11.1. The molecule has 0 fully saturated rings. The second-order valence-electron chi connectivity index (χ2n) is 6.37. The number of carbonyl (C=O) groups excluding carboxylic acids is 1. The fourth-order valence-electron chi connectivity index (χ4n) is 2.71. The number of hydrogen-bond donors (Lipinski definition) is 0. The van der Waals surface area contributed by atoms with E-state index in [2.05, 4.69) is 40.1 Å². The topological polar surface area (TPSA) is 35.5 Å². The third-order valence-electron chi connectivity index (χ3n) is 3.12. The minimum absolute atomic E-state index is 0.325. The Morgan fingerprint density at radius 3 is 2.05 bits per heavy atom. The van der Waals surface area contributed by atoms with Crippen molar-refractivity contribution in [1.29, 1.82) is 0 Å². The summed E-state index contributed by atoms with van der Waals surface area (Å²) in [5.74, 6) is -0.325. The van der Waals surface area contributed by atoms with E-state index >= 15 is 0 Å². The lowest BCUT2D eigenvalue weighted by molar-refractivity contribution is -0.137. The van der Waals surface area contributed by atoms with Crippen LogP contribution in [0.1, 0.15) is 33.1 Å². The summed E-state index contributed by atoms with van der Waals surface area (Å²) < 4.78 is 11.8. The molecule has 0 amide bonds. The lowest BCUT2D eigenvalue weighted by Crippen LogP contribution is -2.47. The number of ether oxygens (including phenoxy) is 1. The van der Waals surface area contributed by atoms with Crippen LogP contribution in [0, 0.1) is 0 Å². The molecule has 0 saturated heterocycles. The molecule has 0 spiro atoms. The molecule has 0 radical (unpaired) electrons. The summed E-state index contributed by atoms with van der Waals surface area (Å²) in [7, 11) is -3.19. The Morgan fingerprint density at radius 1 is 1.10 bits per heavy atom. The van der Waals surface area contributed by atoms with Gasteiger partial charge in [-0.15, -0.1) is 0 Å². The van der Waals surface area contributed by atoms with Crippen LogP contribution < -0.4 is 0 Å². The zero-order valence-electron chi connectivity index (χ0n) is 14.0. The van der Waals surface area contributed by atoms with Gasteiger partial charge in [0.2, 0.25) is 0 Å². The first-order valence-corrected chi connectivity index (χ1v) is 13.7. The Hall–Kier alpha value is -0.396. The lowest BCUT2D eigenvalue weighted by atomic mass is 10.5. The number of rotatable bonds is 11. The van der Waals surface area contributed by atoms with E-state index in [0.29, 0.717) is 6.61 Å². The van der Waals surface area contributed by atoms with E-state index in [-0.39, 0.29) is 5.97 Å². The van der Waals surface area contributed by atoms with Gasteiger partial charge in [-0.1, -0.05) is 33.3 Å². The highest BCUT2D eigenvalue weighted by molar-refractivity contribution is 6.85. The van der Waals surface area contributed by atoms with Gasteiger partial charge in [-0.2, -0.15) is 0 Å². The van der Waals surface area contributed by atoms with Crippen molar-refractivity contribution in [2.24, 2.45) is 0 Å². The van der Waals surface area contributed by atoms with Crippen LogP contribution >= 0.6 is 0 Å². The average Bonchev–Trinajstić information content (AvgIpc) is 2.33. The molecule has 0 aliphatic carbocycles. The largest absolute Gasteiger partial charge is 0.463 e. The van der Waals surface area contributed by atoms with Gasteiger partial charge in [0.1, 0.15) is 0 Å². The minimum atomic E-state index is -1.67. The van der Waals surface area contributed by atoms with E-state index in [1.165, 1.54) is 31.0 Å². The summed E-state index contributed by atoms with van der Waals surface area (Å²) in [6.45, 7) is 15.2. The average molecular weight is 317 g/mol. The van der Waals surface area contributed by atoms with Crippen molar-refractivity contribution in [2.45, 2.75) is 70.9 Å². The normalized spacial score (nSPS) is 12.2. The maximum atomic E-state index is 11.1. The van der Waals surface area contributed by atoms with Crippen LogP contribution in [0.4, 0.5) is 0 Å². The van der Waals surface area contributed by atoms with Gasteiger partial charge in [-0.25, -0.2) is 4.79 Å². The van der Waals surface area contributed by atoms with E-state index in [1.54, 1.807) is 0 Å². The van der Waals surface area contributed by atoms with Crippen molar-refractivity contribution < 1.29 is 13.6 Å². The van der Waals surface area contributed by atoms with Crippen molar-refractivity contribution in [1.82, 2.24) is 0 Å². The zero-order valence-corrected chi connectivity index (χ0v) is 16.0. The van der Waals surface area contributed by atoms with Gasteiger partial charge in [-0.3, -0.25) is 0 Å². The Labute approximate surface area is 127 Å². The first-order valence-electron chi connectivity index (χ1n) is 7.78. The molecule has 0 aliphatic rings. The van der Waals surface area contributed by atoms with E-state index in [0.717, 1.165) is 12.5 Å². The van der Waals surface area contributed by atoms with Crippen LogP contribution in [0.3, 0.4) is 0 Å². The SMILES string of the molecule is C=CC(=O)OCCC[Si](CCC)(CCC)O[Si](C)(C)C. The predicted molar refractivity (Wildman–Crippen MR) is 91.0 cm³/mol. The van der Waals surface area contributed by atoms with Gasteiger partial charge in [0.25, 0.3) is 0 Å². The Bertz CT molecular complexity index is 292. The van der Waals surface area contributed by atoms with Gasteiger partial charge >= 0.3 is 5.97 Å². The number of hydrogen-bond acceptors (Lipinski definition) is 3. The Kier molecular flexibility index (Phi) is 9.34. The molecule has 0 aliphatic heterocycles. The standard InChI is InChI=1S/C15H32O3Si2/c1-7-12-20(13-8-2,18-19(4,5)6)14-10-11-17-15(16)9-3/h9H,3,7-8,10-14H2,1-2,4-6H3. The van der Waals surface area contributed by atoms with E-state index in [1.807, 2.05) is 0 Å². The van der Waals surface area contributed by atoms with Gasteiger partial charge < -0.3 is 8.85 Å². The van der Waals surface area contributed by atoms with E-state index in [9.17, 15) is 4.79 Å². The van der Waals surface area contributed by atoms with Gasteiger partial charge in [0.15, 0.2) is 16.6 Å². The second kappa shape index (κ2) is 9.52. The molecule has 0 unspecified atom stereocenters. The van der Waals surface area contributed by atoms with Gasteiger partial charge in [-0.05, 0) is 44.2 Å². The molecule has 0 atom stereocenters. The highest BCUT2D eigenvalue weighted by Gasteiger charge is 2.36. The molecule has 0 N–H and O–H groups in total. The van der Waals surface area contributed by atoms with Gasteiger partial charge in [0, 0.05) is 6.08 Å². The van der Waals surface area contributed by atoms with E-state index < -0.39 is 16.6 Å². The smallest absolute Gasteiger partial charge is 0.330 e. The summed E-state index contributed by atoms with van der Waals surface area (Å²) in [5, 5.41) is 0. The molecule has 118 valence electrons. The molecule has 0 aromatic rings. The maximum Gasteiger partial charge on any atom is 0.330 e. The molecule has 20 heavy (non-hydrogen) atoms. The lowest BCUT2D eigenvalue weighted by Gasteiger charge is -2.37. The van der Waals surface area contributed by atoms with Crippen LogP contribution in [0.2, 0.25) is 37.8 Å².